The first-order chi connectivity index (χ1) is 9.82. The van der Waals surface area contributed by atoms with Gasteiger partial charge in [-0.3, -0.25) is 9.59 Å². The lowest BCUT2D eigenvalue weighted by atomic mass is 10.2. The molecule has 0 aliphatic heterocycles. The second-order valence-corrected chi connectivity index (χ2v) is 6.71. The first kappa shape index (κ1) is 17.2. The largest absolute Gasteiger partial charge is 0.481 e. The number of unbranched alkanes of at least 4 members (excludes halogenated alkanes) is 2. The lowest BCUT2D eigenvalue weighted by Crippen LogP contribution is -2.26. The van der Waals surface area contributed by atoms with Gasteiger partial charge in [-0.1, -0.05) is 18.6 Å². The quantitative estimate of drug-likeness (QED) is 0.708. The van der Waals surface area contributed by atoms with E-state index in [1.54, 1.807) is 12.1 Å². The van der Waals surface area contributed by atoms with Gasteiger partial charge in [0.15, 0.2) is 9.84 Å². The maximum Gasteiger partial charge on any atom is 0.303 e. The van der Waals surface area contributed by atoms with Crippen molar-refractivity contribution in [1.82, 2.24) is 5.32 Å². The minimum absolute atomic E-state index is 0.00776. The normalized spacial score (nSPS) is 11.1. The molecule has 7 heteroatoms. The van der Waals surface area contributed by atoms with Crippen LogP contribution in [0.2, 0.25) is 0 Å². The summed E-state index contributed by atoms with van der Waals surface area (Å²) in [5, 5.41) is 11.1. The van der Waals surface area contributed by atoms with Gasteiger partial charge < -0.3 is 10.4 Å². The monoisotopic (exact) mass is 313 g/mol. The highest BCUT2D eigenvalue weighted by molar-refractivity contribution is 7.90. The minimum Gasteiger partial charge on any atom is -0.481 e. The van der Waals surface area contributed by atoms with E-state index in [0.717, 1.165) is 6.26 Å². The Balaban J connectivity index is 2.52. The van der Waals surface area contributed by atoms with Gasteiger partial charge in [0.25, 0.3) is 5.91 Å². The molecule has 0 aliphatic carbocycles. The van der Waals surface area contributed by atoms with Crippen molar-refractivity contribution in [1.29, 1.82) is 0 Å². The van der Waals surface area contributed by atoms with Gasteiger partial charge in [-0.25, -0.2) is 8.42 Å². The van der Waals surface area contributed by atoms with Crippen molar-refractivity contribution in [3.8, 4) is 0 Å². The Kier molecular flexibility index (Phi) is 6.36. The molecule has 0 heterocycles. The van der Waals surface area contributed by atoms with E-state index in [2.05, 4.69) is 5.32 Å². The molecule has 0 spiro atoms. The van der Waals surface area contributed by atoms with Gasteiger partial charge in [-0.15, -0.1) is 0 Å². The minimum atomic E-state index is -3.45. The van der Waals surface area contributed by atoms with Crippen molar-refractivity contribution in [2.45, 2.75) is 30.6 Å². The number of aliphatic carboxylic acids is 1. The number of amides is 1. The van der Waals surface area contributed by atoms with Gasteiger partial charge in [0.05, 0.1) is 10.5 Å². The number of hydrogen-bond acceptors (Lipinski definition) is 4. The van der Waals surface area contributed by atoms with Gasteiger partial charge in [-0.05, 0) is 25.0 Å². The van der Waals surface area contributed by atoms with Crippen LogP contribution >= 0.6 is 0 Å². The van der Waals surface area contributed by atoms with Crippen molar-refractivity contribution in [3.05, 3.63) is 29.8 Å². The molecule has 1 amide bonds. The molecule has 1 rings (SSSR count). The number of carbonyl (C=O) groups is 2. The van der Waals surface area contributed by atoms with Crippen LogP contribution in [0.1, 0.15) is 36.0 Å². The third-order valence-electron chi connectivity index (χ3n) is 2.88. The zero-order chi connectivity index (χ0) is 15.9. The highest BCUT2D eigenvalue weighted by Crippen LogP contribution is 2.15. The van der Waals surface area contributed by atoms with Gasteiger partial charge in [0.2, 0.25) is 0 Å². The second-order valence-electron chi connectivity index (χ2n) is 4.73. The zero-order valence-electron chi connectivity index (χ0n) is 11.8. The van der Waals surface area contributed by atoms with Crippen LogP contribution in [0.15, 0.2) is 29.2 Å². The highest BCUT2D eigenvalue weighted by atomic mass is 32.2. The lowest BCUT2D eigenvalue weighted by Gasteiger charge is -2.08. The molecule has 1 aromatic carbocycles. The summed E-state index contributed by atoms with van der Waals surface area (Å²) in [4.78, 5) is 22.3. The van der Waals surface area contributed by atoms with Crippen LogP contribution < -0.4 is 5.32 Å². The summed E-state index contributed by atoms with van der Waals surface area (Å²) in [5.41, 5.74) is 0.130. The molecule has 0 saturated heterocycles. The van der Waals surface area contributed by atoms with Crippen LogP contribution in [0, 0.1) is 0 Å². The Morgan fingerprint density at radius 3 is 2.43 bits per heavy atom. The summed E-state index contributed by atoms with van der Waals surface area (Å²) in [6.45, 7) is 0.385. The highest BCUT2D eigenvalue weighted by Gasteiger charge is 2.17. The number of hydrogen-bond donors (Lipinski definition) is 2. The van der Waals surface area contributed by atoms with Crippen LogP contribution in [-0.4, -0.2) is 38.2 Å². The number of carboxylic acid groups (broad SMARTS) is 1. The fourth-order valence-electron chi connectivity index (χ4n) is 1.85. The molecule has 0 aliphatic rings. The Hall–Kier alpha value is -1.89. The number of benzene rings is 1. The van der Waals surface area contributed by atoms with Crippen molar-refractivity contribution < 1.29 is 23.1 Å². The fourth-order valence-corrected chi connectivity index (χ4v) is 2.74. The van der Waals surface area contributed by atoms with Crippen molar-refractivity contribution in [2.24, 2.45) is 0 Å². The maximum atomic E-state index is 12.0. The van der Waals surface area contributed by atoms with E-state index >= 15 is 0 Å². The molecule has 0 fully saturated rings. The molecule has 0 bridgehead atoms. The molecule has 21 heavy (non-hydrogen) atoms. The first-order valence-corrected chi connectivity index (χ1v) is 8.50. The van der Waals surface area contributed by atoms with Crippen molar-refractivity contribution in [3.63, 3.8) is 0 Å². The SMILES string of the molecule is CS(=O)(=O)c1ccccc1C(=O)NCCCCCC(=O)O. The Morgan fingerprint density at radius 1 is 1.14 bits per heavy atom. The molecular formula is C14H19NO5S. The molecule has 2 N–H and O–H groups in total. The van der Waals surface area contributed by atoms with Crippen molar-refractivity contribution >= 4 is 21.7 Å². The van der Waals surface area contributed by atoms with Crippen LogP contribution in [0.5, 0.6) is 0 Å². The van der Waals surface area contributed by atoms with E-state index in [1.807, 2.05) is 0 Å². The molecule has 0 aromatic heterocycles. The zero-order valence-corrected chi connectivity index (χ0v) is 12.6. The third kappa shape index (κ3) is 5.95. The molecule has 0 radical (unpaired) electrons. The summed E-state index contributed by atoms with van der Waals surface area (Å²) in [6, 6.07) is 6.04. The molecule has 0 unspecified atom stereocenters. The van der Waals surface area contributed by atoms with Crippen molar-refractivity contribution in [2.75, 3.05) is 12.8 Å². The average molecular weight is 313 g/mol. The predicted molar refractivity (Wildman–Crippen MR) is 78.0 cm³/mol. The standard InChI is InChI=1S/C14H19NO5S/c1-21(19,20)12-8-5-4-7-11(12)14(18)15-10-6-2-3-9-13(16)17/h4-5,7-8H,2-3,6,9-10H2,1H3,(H,15,18)(H,16,17). The molecule has 6 nitrogen and oxygen atoms in total. The average Bonchev–Trinajstić information content (AvgIpc) is 2.41. The van der Waals surface area contributed by atoms with E-state index in [-0.39, 0.29) is 16.9 Å². The van der Waals surface area contributed by atoms with E-state index in [0.29, 0.717) is 25.8 Å². The first-order valence-electron chi connectivity index (χ1n) is 6.61. The molecule has 0 atom stereocenters. The molecule has 0 saturated carbocycles. The summed E-state index contributed by atoms with van der Waals surface area (Å²) < 4.78 is 23.2. The molecule has 116 valence electrons. The smallest absolute Gasteiger partial charge is 0.303 e. The van der Waals surface area contributed by atoms with E-state index < -0.39 is 21.7 Å². The predicted octanol–water partition coefficient (Wildman–Crippen LogP) is 1.46. The molecule has 1 aromatic rings. The van der Waals surface area contributed by atoms with E-state index in [9.17, 15) is 18.0 Å². The summed E-state index contributed by atoms with van der Waals surface area (Å²) in [7, 11) is -3.45. The van der Waals surface area contributed by atoms with Crippen LogP contribution in [-0.2, 0) is 14.6 Å². The summed E-state index contributed by atoms with van der Waals surface area (Å²) >= 11 is 0. The van der Waals surface area contributed by atoms with E-state index in [4.69, 9.17) is 5.11 Å². The summed E-state index contributed by atoms with van der Waals surface area (Å²) in [6.07, 6.45) is 3.08. The van der Waals surface area contributed by atoms with E-state index in [1.165, 1.54) is 12.1 Å². The Bertz CT molecular complexity index is 610. The van der Waals surface area contributed by atoms with Gasteiger partial charge >= 0.3 is 5.97 Å². The Labute approximate surface area is 124 Å². The summed E-state index contributed by atoms with van der Waals surface area (Å²) in [5.74, 6) is -1.27. The molecular weight excluding hydrogens is 294 g/mol. The maximum absolute atomic E-state index is 12.0. The number of carboxylic acids is 1. The number of sulfone groups is 1. The van der Waals surface area contributed by atoms with Gasteiger partial charge in [-0.2, -0.15) is 0 Å². The van der Waals surface area contributed by atoms with Crippen LogP contribution in [0.4, 0.5) is 0 Å². The topological polar surface area (TPSA) is 101 Å². The van der Waals surface area contributed by atoms with Crippen LogP contribution in [0.3, 0.4) is 0 Å². The second kappa shape index (κ2) is 7.78. The number of rotatable bonds is 8. The third-order valence-corrected chi connectivity index (χ3v) is 4.04. The number of carbonyl (C=O) groups excluding carboxylic acids is 1. The van der Waals surface area contributed by atoms with Gasteiger partial charge in [0.1, 0.15) is 0 Å². The fraction of sp³-hybridized carbons (Fsp3) is 0.429. The van der Waals surface area contributed by atoms with Gasteiger partial charge in [0, 0.05) is 19.2 Å². The van der Waals surface area contributed by atoms with Crippen LogP contribution in [0.25, 0.3) is 0 Å². The number of nitrogens with one attached hydrogen (secondary N) is 1. The Morgan fingerprint density at radius 2 is 1.81 bits per heavy atom. The lowest BCUT2D eigenvalue weighted by molar-refractivity contribution is -0.137.